The minimum atomic E-state index is -0.422. The monoisotopic (exact) mass is 346 g/mol. The molecule has 0 spiro atoms. The maximum Gasteiger partial charge on any atom is 0.336 e. The number of ether oxygens (including phenoxy) is 1. The van der Waals surface area contributed by atoms with E-state index in [2.05, 4.69) is 0 Å². The predicted octanol–water partition coefficient (Wildman–Crippen LogP) is 1.17. The molecule has 1 fully saturated rings. The molecule has 1 aromatic carbocycles. The van der Waals surface area contributed by atoms with E-state index in [1.165, 1.54) is 11.0 Å². The van der Waals surface area contributed by atoms with Crippen molar-refractivity contribution in [2.45, 2.75) is 33.2 Å². The standard InChI is InChI=1S/C19H23NO5/c1-3-24-19(23)13-5-4-8-20(10-13)11-14-9-17(22)25-18-12(2)16(21)7-6-15(14)18/h6-7,9,13,21H,3-5,8,10-11H2,1-2H3/p+1/t13-/m0/s1. The largest absolute Gasteiger partial charge is 0.508 e. The van der Waals surface area contributed by atoms with E-state index in [4.69, 9.17) is 9.15 Å². The average Bonchev–Trinajstić information content (AvgIpc) is 2.59. The number of hydrogen-bond donors (Lipinski definition) is 2. The van der Waals surface area contributed by atoms with Crippen molar-refractivity contribution in [3.05, 3.63) is 39.7 Å². The number of hydrogen-bond acceptors (Lipinski definition) is 5. The lowest BCUT2D eigenvalue weighted by Gasteiger charge is -2.28. The zero-order valence-electron chi connectivity index (χ0n) is 14.6. The van der Waals surface area contributed by atoms with Crippen molar-refractivity contribution in [3.8, 4) is 5.75 Å². The summed E-state index contributed by atoms with van der Waals surface area (Å²) in [6.07, 6.45) is 1.81. The molecule has 1 aliphatic heterocycles. The number of benzene rings is 1. The molecule has 2 atom stereocenters. The number of carbonyl (C=O) groups is 1. The number of fused-ring (bicyclic) bond motifs is 1. The number of nitrogens with one attached hydrogen (secondary N) is 1. The maximum atomic E-state index is 12.0. The van der Waals surface area contributed by atoms with E-state index in [1.54, 1.807) is 19.1 Å². The van der Waals surface area contributed by atoms with Crippen molar-refractivity contribution in [1.29, 1.82) is 0 Å². The highest BCUT2D eigenvalue weighted by Gasteiger charge is 2.30. The van der Waals surface area contributed by atoms with Gasteiger partial charge in [-0.1, -0.05) is 0 Å². The fraction of sp³-hybridized carbons (Fsp3) is 0.474. The summed E-state index contributed by atoms with van der Waals surface area (Å²) in [7, 11) is 0. The molecule has 6 heteroatoms. The minimum Gasteiger partial charge on any atom is -0.508 e. The van der Waals surface area contributed by atoms with Crippen LogP contribution in [0.5, 0.6) is 5.75 Å². The fourth-order valence-electron chi connectivity index (χ4n) is 3.60. The van der Waals surface area contributed by atoms with Crippen molar-refractivity contribution in [2.75, 3.05) is 19.7 Å². The lowest BCUT2D eigenvalue weighted by molar-refractivity contribution is -0.921. The van der Waals surface area contributed by atoms with Gasteiger partial charge in [0, 0.05) is 22.6 Å². The minimum absolute atomic E-state index is 0.0825. The van der Waals surface area contributed by atoms with Crippen molar-refractivity contribution in [2.24, 2.45) is 5.92 Å². The van der Waals surface area contributed by atoms with Gasteiger partial charge in [-0.3, -0.25) is 4.79 Å². The van der Waals surface area contributed by atoms with E-state index < -0.39 is 5.63 Å². The third kappa shape index (κ3) is 3.69. The Balaban J connectivity index is 1.86. The predicted molar refractivity (Wildman–Crippen MR) is 92.6 cm³/mol. The summed E-state index contributed by atoms with van der Waals surface area (Å²) in [5.74, 6) is -0.0979. The number of likely N-dealkylation sites (tertiary alicyclic amines) is 1. The number of quaternary nitrogens is 1. The van der Waals surface area contributed by atoms with Crippen LogP contribution < -0.4 is 10.5 Å². The van der Waals surface area contributed by atoms with Gasteiger partial charge in [-0.2, -0.15) is 0 Å². The highest BCUT2D eigenvalue weighted by atomic mass is 16.5. The third-order valence-electron chi connectivity index (χ3n) is 4.90. The van der Waals surface area contributed by atoms with Crippen LogP contribution in [0.3, 0.4) is 0 Å². The highest BCUT2D eigenvalue weighted by molar-refractivity contribution is 5.84. The van der Waals surface area contributed by atoms with Crippen LogP contribution in [0, 0.1) is 12.8 Å². The molecule has 0 saturated carbocycles. The number of piperidine rings is 1. The Morgan fingerprint density at radius 1 is 1.44 bits per heavy atom. The fourth-order valence-corrected chi connectivity index (χ4v) is 3.60. The van der Waals surface area contributed by atoms with Gasteiger partial charge in [-0.25, -0.2) is 4.79 Å². The Labute approximate surface area is 146 Å². The van der Waals surface area contributed by atoms with Crippen LogP contribution in [0.1, 0.15) is 30.9 Å². The molecule has 0 amide bonds. The Hall–Kier alpha value is -2.34. The van der Waals surface area contributed by atoms with Crippen LogP contribution in [0.15, 0.2) is 27.4 Å². The molecule has 0 aliphatic carbocycles. The average molecular weight is 346 g/mol. The van der Waals surface area contributed by atoms with Gasteiger partial charge < -0.3 is 19.2 Å². The van der Waals surface area contributed by atoms with Crippen molar-refractivity contribution in [3.63, 3.8) is 0 Å². The van der Waals surface area contributed by atoms with Crippen LogP contribution in [0.25, 0.3) is 11.0 Å². The lowest BCUT2D eigenvalue weighted by atomic mass is 9.97. The van der Waals surface area contributed by atoms with Crippen molar-refractivity contribution < 1.29 is 24.0 Å². The number of aryl methyl sites for hydroxylation is 1. The van der Waals surface area contributed by atoms with Crippen LogP contribution in [-0.2, 0) is 16.1 Å². The zero-order valence-corrected chi connectivity index (χ0v) is 14.6. The molecule has 25 heavy (non-hydrogen) atoms. The Kier molecular flexibility index (Phi) is 5.08. The number of phenolic OH excluding ortho intramolecular Hbond substituents is 1. The Bertz CT molecular complexity index is 842. The molecule has 0 radical (unpaired) electrons. The molecule has 1 saturated heterocycles. The number of carbonyl (C=O) groups excluding carboxylic acids is 1. The first-order valence-electron chi connectivity index (χ1n) is 8.75. The molecule has 3 rings (SSSR count). The molecule has 0 bridgehead atoms. The second kappa shape index (κ2) is 7.27. The van der Waals surface area contributed by atoms with E-state index in [-0.39, 0.29) is 17.6 Å². The van der Waals surface area contributed by atoms with Gasteiger partial charge in [0.25, 0.3) is 0 Å². The first kappa shape index (κ1) is 17.5. The maximum absolute atomic E-state index is 12.0. The molecular formula is C19H24NO5+. The molecule has 1 aromatic heterocycles. The van der Waals surface area contributed by atoms with E-state index >= 15 is 0 Å². The van der Waals surface area contributed by atoms with Crippen LogP contribution in [0.4, 0.5) is 0 Å². The smallest absolute Gasteiger partial charge is 0.336 e. The zero-order chi connectivity index (χ0) is 18.0. The van der Waals surface area contributed by atoms with E-state index in [1.807, 2.05) is 6.92 Å². The van der Waals surface area contributed by atoms with Gasteiger partial charge in [0.1, 0.15) is 23.8 Å². The summed E-state index contributed by atoms with van der Waals surface area (Å²) in [5.41, 5.74) is 1.46. The lowest BCUT2D eigenvalue weighted by Crippen LogP contribution is -3.12. The summed E-state index contributed by atoms with van der Waals surface area (Å²) in [6, 6.07) is 4.91. The summed E-state index contributed by atoms with van der Waals surface area (Å²) < 4.78 is 10.4. The molecular weight excluding hydrogens is 322 g/mol. The number of phenols is 1. The van der Waals surface area contributed by atoms with Crippen molar-refractivity contribution in [1.82, 2.24) is 0 Å². The first-order chi connectivity index (χ1) is 12.0. The Morgan fingerprint density at radius 3 is 3.00 bits per heavy atom. The third-order valence-corrected chi connectivity index (χ3v) is 4.90. The second-order valence-electron chi connectivity index (χ2n) is 6.65. The summed E-state index contributed by atoms with van der Waals surface area (Å²) in [4.78, 5) is 25.2. The SMILES string of the molecule is CCOC(=O)[C@H]1CCC[NH+](Cc2cc(=O)oc3c(C)c(O)ccc23)C1. The van der Waals surface area contributed by atoms with Crippen LogP contribution >= 0.6 is 0 Å². The van der Waals surface area contributed by atoms with Gasteiger partial charge in [0.05, 0.1) is 19.7 Å². The van der Waals surface area contributed by atoms with Crippen LogP contribution in [-0.4, -0.2) is 30.8 Å². The Morgan fingerprint density at radius 2 is 2.24 bits per heavy atom. The molecule has 1 aliphatic rings. The summed E-state index contributed by atoms with van der Waals surface area (Å²) in [5, 5.41) is 10.7. The number of esters is 1. The quantitative estimate of drug-likeness (QED) is 0.641. The van der Waals surface area contributed by atoms with Gasteiger partial charge in [-0.15, -0.1) is 0 Å². The van der Waals surface area contributed by atoms with E-state index in [0.717, 1.165) is 30.3 Å². The van der Waals surface area contributed by atoms with E-state index in [0.29, 0.717) is 30.8 Å². The normalized spacial score (nSPS) is 20.6. The first-order valence-corrected chi connectivity index (χ1v) is 8.75. The highest BCUT2D eigenvalue weighted by Crippen LogP contribution is 2.27. The number of rotatable bonds is 4. The van der Waals surface area contributed by atoms with Crippen molar-refractivity contribution >= 4 is 16.9 Å². The topological polar surface area (TPSA) is 81.2 Å². The van der Waals surface area contributed by atoms with Crippen LogP contribution in [0.2, 0.25) is 0 Å². The van der Waals surface area contributed by atoms with Gasteiger partial charge in [0.15, 0.2) is 0 Å². The number of aromatic hydroxyl groups is 1. The summed E-state index contributed by atoms with van der Waals surface area (Å²) in [6.45, 7) is 6.25. The second-order valence-corrected chi connectivity index (χ2v) is 6.65. The molecule has 2 aromatic rings. The molecule has 134 valence electrons. The molecule has 1 unspecified atom stereocenters. The van der Waals surface area contributed by atoms with Gasteiger partial charge in [-0.05, 0) is 38.8 Å². The van der Waals surface area contributed by atoms with Gasteiger partial charge in [0.2, 0.25) is 0 Å². The molecule has 6 nitrogen and oxygen atoms in total. The summed E-state index contributed by atoms with van der Waals surface area (Å²) >= 11 is 0. The van der Waals surface area contributed by atoms with Gasteiger partial charge >= 0.3 is 11.6 Å². The molecule has 2 N–H and O–H groups in total. The van der Waals surface area contributed by atoms with E-state index in [9.17, 15) is 14.7 Å². The molecule has 2 heterocycles.